The quantitative estimate of drug-likeness (QED) is 0.848. The first-order valence-electron chi connectivity index (χ1n) is 7.14. The molecule has 1 aliphatic heterocycles. The fraction of sp³-hybridized carbons (Fsp3) is 0.562. The van der Waals surface area contributed by atoms with E-state index in [1.165, 1.54) is 6.07 Å². The van der Waals surface area contributed by atoms with E-state index in [0.717, 1.165) is 26.1 Å². The molecule has 1 aromatic rings. The second-order valence-corrected chi connectivity index (χ2v) is 5.53. The van der Waals surface area contributed by atoms with Crippen molar-refractivity contribution < 1.29 is 9.13 Å². The van der Waals surface area contributed by atoms with Crippen LogP contribution < -0.4 is 0 Å². The lowest BCUT2D eigenvalue weighted by Crippen LogP contribution is -2.43. The van der Waals surface area contributed by atoms with E-state index in [1.807, 2.05) is 6.07 Å². The third-order valence-electron chi connectivity index (χ3n) is 3.86. The number of halogens is 1. The number of hydrogen-bond acceptors (Lipinski definition) is 3. The maximum atomic E-state index is 14.0. The average Bonchev–Trinajstić information content (AvgIpc) is 2.46. The van der Waals surface area contributed by atoms with Crippen LogP contribution in [0.25, 0.3) is 0 Å². The molecule has 108 valence electrons. The molecule has 0 unspecified atom stereocenters. The van der Waals surface area contributed by atoms with Crippen molar-refractivity contribution in [3.05, 3.63) is 35.1 Å². The predicted octanol–water partition coefficient (Wildman–Crippen LogP) is 3.09. The molecule has 0 spiro atoms. The second kappa shape index (κ2) is 6.83. The van der Waals surface area contributed by atoms with E-state index in [0.29, 0.717) is 29.8 Å². The van der Waals surface area contributed by atoms with Crippen molar-refractivity contribution in [1.29, 1.82) is 5.26 Å². The summed E-state index contributed by atoms with van der Waals surface area (Å²) < 4.78 is 19.4. The summed E-state index contributed by atoms with van der Waals surface area (Å²) in [4.78, 5) is 2.33. The van der Waals surface area contributed by atoms with Crippen molar-refractivity contribution in [2.75, 3.05) is 13.2 Å². The van der Waals surface area contributed by atoms with Gasteiger partial charge in [0.15, 0.2) is 0 Å². The standard InChI is InChI=1S/C16H21FN2O/c1-12(2)19(15-5-7-20-8-6-15)11-14-4-3-13(10-18)9-16(14)17/h3-4,9,12,15H,5-8,11H2,1-2H3. The molecule has 0 aliphatic carbocycles. The highest BCUT2D eigenvalue weighted by Gasteiger charge is 2.24. The first-order chi connectivity index (χ1) is 9.61. The minimum Gasteiger partial charge on any atom is -0.381 e. The van der Waals surface area contributed by atoms with E-state index < -0.39 is 0 Å². The molecule has 0 atom stereocenters. The zero-order valence-electron chi connectivity index (χ0n) is 12.1. The number of nitriles is 1. The van der Waals surface area contributed by atoms with Gasteiger partial charge in [-0.25, -0.2) is 4.39 Å². The summed E-state index contributed by atoms with van der Waals surface area (Å²) in [5, 5.41) is 8.79. The van der Waals surface area contributed by atoms with Crippen LogP contribution in [0.15, 0.2) is 18.2 Å². The molecule has 0 aromatic heterocycles. The van der Waals surface area contributed by atoms with Crippen LogP contribution in [-0.2, 0) is 11.3 Å². The van der Waals surface area contributed by atoms with Crippen molar-refractivity contribution in [1.82, 2.24) is 4.90 Å². The van der Waals surface area contributed by atoms with E-state index >= 15 is 0 Å². The molecule has 1 heterocycles. The Balaban J connectivity index is 2.13. The topological polar surface area (TPSA) is 36.3 Å². The van der Waals surface area contributed by atoms with Gasteiger partial charge in [-0.15, -0.1) is 0 Å². The normalized spacial score (nSPS) is 16.6. The maximum absolute atomic E-state index is 14.0. The van der Waals surface area contributed by atoms with Crippen molar-refractivity contribution in [3.8, 4) is 6.07 Å². The molecule has 1 aliphatic rings. The van der Waals surface area contributed by atoms with Gasteiger partial charge in [-0.2, -0.15) is 5.26 Å². The van der Waals surface area contributed by atoms with Gasteiger partial charge in [0, 0.05) is 37.4 Å². The lowest BCUT2D eigenvalue weighted by atomic mass is 10.0. The molecule has 1 aromatic carbocycles. The summed E-state index contributed by atoms with van der Waals surface area (Å²) in [6.45, 7) is 6.42. The van der Waals surface area contributed by atoms with Crippen molar-refractivity contribution in [3.63, 3.8) is 0 Å². The van der Waals surface area contributed by atoms with E-state index in [-0.39, 0.29) is 5.82 Å². The zero-order valence-corrected chi connectivity index (χ0v) is 12.1. The van der Waals surface area contributed by atoms with Crippen LogP contribution in [0, 0.1) is 17.1 Å². The molecule has 0 bridgehead atoms. The number of hydrogen-bond donors (Lipinski definition) is 0. The van der Waals surface area contributed by atoms with Crippen LogP contribution in [0.2, 0.25) is 0 Å². The van der Waals surface area contributed by atoms with Crippen LogP contribution >= 0.6 is 0 Å². The van der Waals surface area contributed by atoms with Crippen LogP contribution in [0.3, 0.4) is 0 Å². The van der Waals surface area contributed by atoms with Crippen molar-refractivity contribution in [2.45, 2.75) is 45.3 Å². The summed E-state index contributed by atoms with van der Waals surface area (Å²) in [6, 6.07) is 7.49. The first kappa shape index (κ1) is 15.0. The third-order valence-corrected chi connectivity index (χ3v) is 3.86. The summed E-state index contributed by atoms with van der Waals surface area (Å²) in [7, 11) is 0. The van der Waals surface area contributed by atoms with E-state index in [4.69, 9.17) is 10.00 Å². The Hall–Kier alpha value is -1.44. The Bertz CT molecular complexity index is 490. The van der Waals surface area contributed by atoms with Gasteiger partial charge in [-0.3, -0.25) is 4.90 Å². The molecule has 1 saturated heterocycles. The second-order valence-electron chi connectivity index (χ2n) is 5.53. The van der Waals surface area contributed by atoms with Crippen LogP contribution in [-0.4, -0.2) is 30.2 Å². The van der Waals surface area contributed by atoms with Gasteiger partial charge in [-0.1, -0.05) is 6.07 Å². The largest absolute Gasteiger partial charge is 0.381 e. The number of benzene rings is 1. The fourth-order valence-corrected chi connectivity index (χ4v) is 2.69. The summed E-state index contributed by atoms with van der Waals surface area (Å²) >= 11 is 0. The third kappa shape index (κ3) is 3.56. The lowest BCUT2D eigenvalue weighted by Gasteiger charge is -2.37. The van der Waals surface area contributed by atoms with Gasteiger partial charge >= 0.3 is 0 Å². The predicted molar refractivity (Wildman–Crippen MR) is 75.6 cm³/mol. The minimum absolute atomic E-state index is 0.290. The van der Waals surface area contributed by atoms with Gasteiger partial charge in [-0.05, 0) is 38.8 Å². The van der Waals surface area contributed by atoms with Crippen molar-refractivity contribution in [2.24, 2.45) is 0 Å². The van der Waals surface area contributed by atoms with E-state index in [1.54, 1.807) is 12.1 Å². The summed E-state index contributed by atoms with van der Waals surface area (Å²) in [5.74, 6) is -0.290. The summed E-state index contributed by atoms with van der Waals surface area (Å²) in [5.41, 5.74) is 1.03. The summed E-state index contributed by atoms with van der Waals surface area (Å²) in [6.07, 6.45) is 1.99. The maximum Gasteiger partial charge on any atom is 0.129 e. The van der Waals surface area contributed by atoms with Gasteiger partial charge in [0.1, 0.15) is 5.82 Å². The van der Waals surface area contributed by atoms with E-state index in [2.05, 4.69) is 18.7 Å². The molecule has 2 rings (SSSR count). The Kier molecular flexibility index (Phi) is 5.11. The Labute approximate surface area is 120 Å². The zero-order chi connectivity index (χ0) is 14.5. The van der Waals surface area contributed by atoms with E-state index in [9.17, 15) is 4.39 Å². The first-order valence-corrected chi connectivity index (χ1v) is 7.14. The van der Waals surface area contributed by atoms with Gasteiger partial charge in [0.05, 0.1) is 11.6 Å². The monoisotopic (exact) mass is 276 g/mol. The van der Waals surface area contributed by atoms with Crippen molar-refractivity contribution >= 4 is 0 Å². The lowest BCUT2D eigenvalue weighted by molar-refractivity contribution is 0.0184. The molecular formula is C16H21FN2O. The van der Waals surface area contributed by atoms with Gasteiger partial charge in [0.25, 0.3) is 0 Å². The number of ether oxygens (including phenoxy) is 1. The van der Waals surface area contributed by atoms with Crippen LogP contribution in [0.5, 0.6) is 0 Å². The number of nitrogens with zero attached hydrogens (tertiary/aromatic N) is 2. The van der Waals surface area contributed by atoms with Gasteiger partial charge < -0.3 is 4.74 Å². The average molecular weight is 276 g/mol. The van der Waals surface area contributed by atoms with Gasteiger partial charge in [0.2, 0.25) is 0 Å². The molecule has 0 saturated carbocycles. The Morgan fingerprint density at radius 1 is 1.40 bits per heavy atom. The smallest absolute Gasteiger partial charge is 0.129 e. The molecule has 0 N–H and O–H groups in total. The van der Waals surface area contributed by atoms with Crippen LogP contribution in [0.4, 0.5) is 4.39 Å². The molecule has 0 amide bonds. The highest BCUT2D eigenvalue weighted by atomic mass is 19.1. The van der Waals surface area contributed by atoms with Crippen LogP contribution in [0.1, 0.15) is 37.8 Å². The molecular weight excluding hydrogens is 255 g/mol. The molecule has 3 nitrogen and oxygen atoms in total. The Morgan fingerprint density at radius 2 is 2.10 bits per heavy atom. The molecule has 0 radical (unpaired) electrons. The SMILES string of the molecule is CC(C)N(Cc1ccc(C#N)cc1F)C1CCOCC1. The number of rotatable bonds is 4. The molecule has 20 heavy (non-hydrogen) atoms. The highest BCUT2D eigenvalue weighted by Crippen LogP contribution is 2.21. The highest BCUT2D eigenvalue weighted by molar-refractivity contribution is 5.32. The fourth-order valence-electron chi connectivity index (χ4n) is 2.69. The minimum atomic E-state index is -0.290. The molecule has 1 fully saturated rings. The Morgan fingerprint density at radius 3 is 2.65 bits per heavy atom. The molecule has 4 heteroatoms.